The molecule has 0 fully saturated rings. The van der Waals surface area contributed by atoms with Crippen LogP contribution in [0, 0.1) is 24.4 Å². The van der Waals surface area contributed by atoms with Crippen molar-refractivity contribution in [3.05, 3.63) is 80.7 Å². The van der Waals surface area contributed by atoms with Gasteiger partial charge < -0.3 is 19.6 Å². The minimum Gasteiger partial charge on any atom is -0.444 e. The van der Waals surface area contributed by atoms with Crippen LogP contribution < -0.4 is 5.56 Å². The lowest BCUT2D eigenvalue weighted by Crippen LogP contribution is -2.47. The van der Waals surface area contributed by atoms with Gasteiger partial charge in [-0.3, -0.25) is 14.5 Å². The van der Waals surface area contributed by atoms with Gasteiger partial charge in [0.2, 0.25) is 0 Å². The zero-order chi connectivity index (χ0) is 28.4. The van der Waals surface area contributed by atoms with E-state index in [-0.39, 0.29) is 35.2 Å². The molecule has 3 heterocycles. The van der Waals surface area contributed by atoms with Crippen LogP contribution in [0.1, 0.15) is 54.1 Å². The summed E-state index contributed by atoms with van der Waals surface area (Å²) in [4.78, 5) is 47.9. The first-order valence-corrected chi connectivity index (χ1v) is 12.3. The van der Waals surface area contributed by atoms with Gasteiger partial charge in [0.25, 0.3) is 11.5 Å². The molecular formula is C28H27F3N4O4. The number of H-pyrrole nitrogens is 2. The number of ether oxygens (including phenoxy) is 1. The topological polar surface area (TPSA) is 98.5 Å². The number of hydrogen-bond donors (Lipinski definition) is 2. The first-order chi connectivity index (χ1) is 18.2. The van der Waals surface area contributed by atoms with Gasteiger partial charge in [-0.2, -0.15) is 0 Å². The monoisotopic (exact) mass is 540 g/mol. The maximum Gasteiger partial charge on any atom is 0.410 e. The van der Waals surface area contributed by atoms with Crippen molar-refractivity contribution >= 4 is 33.7 Å². The Morgan fingerprint density at radius 1 is 1.00 bits per heavy atom. The number of carbonyl (C=O) groups excluding carboxylic acids is 2. The number of carbonyl (C=O) groups is 2. The molecule has 0 bridgehead atoms. The fourth-order valence-corrected chi connectivity index (χ4v) is 5.06. The summed E-state index contributed by atoms with van der Waals surface area (Å²) >= 11 is 0. The van der Waals surface area contributed by atoms with Gasteiger partial charge in [0.05, 0.1) is 18.0 Å². The Morgan fingerprint density at radius 2 is 1.67 bits per heavy atom. The summed E-state index contributed by atoms with van der Waals surface area (Å²) < 4.78 is 47.9. The number of nitrogens with zero attached hydrogens (tertiary/aromatic N) is 2. The molecule has 0 saturated heterocycles. The van der Waals surface area contributed by atoms with E-state index in [2.05, 4.69) is 9.97 Å². The molecule has 2 aromatic heterocycles. The van der Waals surface area contributed by atoms with Gasteiger partial charge >= 0.3 is 6.09 Å². The zero-order valence-electron chi connectivity index (χ0n) is 22.0. The molecule has 39 heavy (non-hydrogen) atoms. The molecule has 4 aromatic rings. The molecule has 204 valence electrons. The number of aromatic amines is 2. The van der Waals surface area contributed by atoms with E-state index in [1.165, 1.54) is 29.0 Å². The molecule has 2 aromatic carbocycles. The van der Waals surface area contributed by atoms with E-state index in [0.29, 0.717) is 22.0 Å². The number of rotatable bonds is 2. The van der Waals surface area contributed by atoms with Gasteiger partial charge in [-0.25, -0.2) is 18.0 Å². The number of halogens is 3. The summed E-state index contributed by atoms with van der Waals surface area (Å²) in [7, 11) is 1.51. The molecule has 2 amide bonds. The van der Waals surface area contributed by atoms with Crippen molar-refractivity contribution in [1.29, 1.82) is 0 Å². The molecule has 0 unspecified atom stereocenters. The molecule has 0 aliphatic carbocycles. The van der Waals surface area contributed by atoms with Crippen LogP contribution in [0.3, 0.4) is 0 Å². The molecule has 2 N–H and O–H groups in total. The van der Waals surface area contributed by atoms with Crippen LogP contribution in [-0.2, 0) is 11.3 Å². The Hall–Kier alpha value is -4.28. The van der Waals surface area contributed by atoms with Crippen LogP contribution in [0.4, 0.5) is 18.0 Å². The lowest BCUT2D eigenvalue weighted by atomic mass is 9.92. The lowest BCUT2D eigenvalue weighted by Gasteiger charge is -2.39. The Balaban J connectivity index is 1.64. The predicted molar refractivity (Wildman–Crippen MR) is 139 cm³/mol. The number of aromatic nitrogens is 2. The second-order valence-electron chi connectivity index (χ2n) is 10.8. The summed E-state index contributed by atoms with van der Waals surface area (Å²) in [6.45, 7) is 6.75. The summed E-state index contributed by atoms with van der Waals surface area (Å²) in [5.74, 6) is -3.27. The van der Waals surface area contributed by atoms with Crippen molar-refractivity contribution in [3.63, 3.8) is 0 Å². The van der Waals surface area contributed by atoms with Gasteiger partial charge in [-0.1, -0.05) is 0 Å². The smallest absolute Gasteiger partial charge is 0.410 e. The van der Waals surface area contributed by atoms with Gasteiger partial charge in [0, 0.05) is 35.8 Å². The second-order valence-corrected chi connectivity index (χ2v) is 10.8. The molecule has 1 aliphatic heterocycles. The van der Waals surface area contributed by atoms with E-state index in [1.807, 2.05) is 0 Å². The summed E-state index contributed by atoms with van der Waals surface area (Å²) in [6, 6.07) is 5.13. The molecule has 1 aliphatic rings. The Bertz CT molecular complexity index is 1720. The molecular weight excluding hydrogens is 513 g/mol. The number of benzene rings is 2. The Morgan fingerprint density at radius 3 is 2.33 bits per heavy atom. The van der Waals surface area contributed by atoms with E-state index in [9.17, 15) is 27.6 Å². The highest BCUT2D eigenvalue weighted by Gasteiger charge is 2.37. The molecule has 8 nitrogen and oxygen atoms in total. The second kappa shape index (κ2) is 9.18. The van der Waals surface area contributed by atoms with Crippen LogP contribution >= 0.6 is 0 Å². The quantitative estimate of drug-likeness (QED) is 0.361. The van der Waals surface area contributed by atoms with Gasteiger partial charge in [0.1, 0.15) is 17.1 Å². The number of pyridine rings is 1. The van der Waals surface area contributed by atoms with E-state index in [4.69, 9.17) is 4.74 Å². The third-order valence-electron chi connectivity index (χ3n) is 6.84. The Labute approximate surface area is 221 Å². The number of nitrogens with one attached hydrogen (secondary N) is 2. The van der Waals surface area contributed by atoms with Crippen molar-refractivity contribution in [2.24, 2.45) is 0 Å². The minimum absolute atomic E-state index is 0.0435. The standard InChI is InChI=1S/C28H27F3N4O4/c1-13-6-14(29)7-20-15(13)10-21(32-20)26(37)34(5)23-12-35(27(38)39-28(2,3)4)11-22-24(23)16-8-18(30)19(31)9-17(16)25(36)33-22/h6-10,23,32H,11-12H2,1-5H3,(H,33,36)/t23-/m0/s1. The summed E-state index contributed by atoms with van der Waals surface area (Å²) in [6.07, 6.45) is -0.665. The van der Waals surface area contributed by atoms with E-state index >= 15 is 0 Å². The molecule has 11 heteroatoms. The van der Waals surface area contributed by atoms with Crippen LogP contribution in [0.2, 0.25) is 0 Å². The number of amides is 2. The maximum absolute atomic E-state index is 14.4. The fraction of sp³-hybridized carbons (Fsp3) is 0.321. The third kappa shape index (κ3) is 4.73. The summed E-state index contributed by atoms with van der Waals surface area (Å²) in [5, 5.41) is 0.719. The number of likely N-dealkylation sites (N-methyl/N-ethyl adjacent to an activating group) is 1. The van der Waals surface area contributed by atoms with Crippen molar-refractivity contribution in [1.82, 2.24) is 19.8 Å². The molecule has 0 radical (unpaired) electrons. The highest BCUT2D eigenvalue weighted by atomic mass is 19.2. The third-order valence-corrected chi connectivity index (χ3v) is 6.84. The van der Waals surface area contributed by atoms with Gasteiger partial charge in [-0.05, 0) is 69.0 Å². The normalized spacial score (nSPS) is 15.5. The van der Waals surface area contributed by atoms with Gasteiger partial charge in [-0.15, -0.1) is 0 Å². The highest BCUT2D eigenvalue weighted by Crippen LogP contribution is 2.36. The van der Waals surface area contributed by atoms with Crippen LogP contribution in [0.25, 0.3) is 21.7 Å². The first-order valence-electron chi connectivity index (χ1n) is 12.3. The average molecular weight is 541 g/mol. The minimum atomic E-state index is -1.18. The van der Waals surface area contributed by atoms with Crippen LogP contribution in [0.5, 0.6) is 0 Å². The molecule has 0 spiro atoms. The molecule has 1 atom stereocenters. The maximum atomic E-state index is 14.4. The number of hydrogen-bond acceptors (Lipinski definition) is 4. The fourth-order valence-electron chi connectivity index (χ4n) is 5.06. The van der Waals surface area contributed by atoms with Gasteiger partial charge in [0.15, 0.2) is 11.6 Å². The van der Waals surface area contributed by atoms with E-state index < -0.39 is 46.7 Å². The number of aryl methyl sites for hydroxylation is 1. The lowest BCUT2D eigenvalue weighted by molar-refractivity contribution is 0.0142. The molecule has 5 rings (SSSR count). The molecule has 0 saturated carbocycles. The van der Waals surface area contributed by atoms with Crippen LogP contribution in [0.15, 0.2) is 35.1 Å². The van der Waals surface area contributed by atoms with Crippen molar-refractivity contribution in [2.45, 2.75) is 45.9 Å². The van der Waals surface area contributed by atoms with E-state index in [0.717, 1.165) is 12.1 Å². The van der Waals surface area contributed by atoms with E-state index in [1.54, 1.807) is 33.8 Å². The predicted octanol–water partition coefficient (Wildman–Crippen LogP) is 5.30. The number of fused-ring (bicyclic) bond motifs is 4. The zero-order valence-corrected chi connectivity index (χ0v) is 22.0. The van der Waals surface area contributed by atoms with Crippen molar-refractivity contribution < 1.29 is 27.5 Å². The van der Waals surface area contributed by atoms with Crippen molar-refractivity contribution in [2.75, 3.05) is 13.6 Å². The largest absolute Gasteiger partial charge is 0.444 e. The Kier molecular flexibility index (Phi) is 6.20. The SMILES string of the molecule is Cc1cc(F)cc2[nH]c(C(=O)N(C)[C@H]3CN(C(=O)OC(C)(C)C)Cc4[nH]c(=O)c5cc(F)c(F)cc5c43)cc12. The van der Waals surface area contributed by atoms with Crippen molar-refractivity contribution in [3.8, 4) is 0 Å². The first kappa shape index (κ1) is 26.3. The van der Waals surface area contributed by atoms with Crippen LogP contribution in [-0.4, -0.2) is 51.0 Å². The summed E-state index contributed by atoms with van der Waals surface area (Å²) in [5.41, 5.74) is 0.452. The average Bonchev–Trinajstić information content (AvgIpc) is 3.27. The highest BCUT2D eigenvalue weighted by molar-refractivity contribution is 5.99.